The quantitative estimate of drug-likeness (QED) is 0.223. The fraction of sp³-hybridized carbons (Fsp3) is 0.882. The topological polar surface area (TPSA) is 6.48 Å². The van der Waals surface area contributed by atoms with E-state index in [1.165, 1.54) is 155 Å². The van der Waals surface area contributed by atoms with Crippen LogP contribution < -0.4 is 0 Å². The van der Waals surface area contributed by atoms with Crippen LogP contribution in [-0.2, 0) is 0 Å². The van der Waals surface area contributed by atoms with Crippen molar-refractivity contribution in [2.24, 2.45) is 23.7 Å². The van der Waals surface area contributed by atoms with Gasteiger partial charge < -0.3 is 9.80 Å². The number of nitrogens with zero attached hydrogens (tertiary/aromatic N) is 2. The highest BCUT2D eigenvalue weighted by molar-refractivity contribution is 4.91. The third-order valence-corrected chi connectivity index (χ3v) is 9.66. The zero-order valence-corrected chi connectivity index (χ0v) is 23.7. The highest BCUT2D eigenvalue weighted by Crippen LogP contribution is 2.40. The van der Waals surface area contributed by atoms with Gasteiger partial charge in [0.2, 0.25) is 0 Å². The van der Waals surface area contributed by atoms with Crippen LogP contribution in [0.3, 0.4) is 0 Å². The van der Waals surface area contributed by atoms with Gasteiger partial charge in [-0.1, -0.05) is 64.2 Å². The molecule has 4 fully saturated rings. The Morgan fingerprint density at radius 1 is 0.639 bits per heavy atom. The first-order chi connectivity index (χ1) is 17.8. The van der Waals surface area contributed by atoms with E-state index in [1.807, 2.05) is 0 Å². The Morgan fingerprint density at radius 3 is 2.11 bits per heavy atom. The van der Waals surface area contributed by atoms with Crippen molar-refractivity contribution in [3.63, 3.8) is 0 Å². The fourth-order valence-electron chi connectivity index (χ4n) is 7.68. The molecule has 4 aliphatic heterocycles. The van der Waals surface area contributed by atoms with Gasteiger partial charge >= 0.3 is 0 Å². The predicted molar refractivity (Wildman–Crippen MR) is 157 cm³/mol. The lowest BCUT2D eigenvalue weighted by molar-refractivity contribution is 0.0185. The summed E-state index contributed by atoms with van der Waals surface area (Å²) in [6, 6.07) is 0. The van der Waals surface area contributed by atoms with Gasteiger partial charge in [0.1, 0.15) is 0 Å². The van der Waals surface area contributed by atoms with Gasteiger partial charge in [-0.05, 0) is 94.7 Å². The van der Waals surface area contributed by atoms with Crippen LogP contribution in [-0.4, -0.2) is 49.1 Å². The third kappa shape index (κ3) is 11.2. The molecule has 4 aliphatic rings. The van der Waals surface area contributed by atoms with Crippen LogP contribution in [0.2, 0.25) is 0 Å². The Bertz CT molecular complexity index is 643. The van der Waals surface area contributed by atoms with Crippen LogP contribution in [0.1, 0.15) is 128 Å². The first-order valence-electron chi connectivity index (χ1n) is 16.1. The SMILES string of the molecule is C#CCCCCCC[C@@H]1CN2CCCCCCCCCC[C@@H]3C[C@@H](CN(CCCCC#C)C3)[C@H]1CC2. The molecule has 0 spiro atoms. The first-order valence-corrected chi connectivity index (χ1v) is 16.1. The average molecular weight is 495 g/mol. The van der Waals surface area contributed by atoms with Gasteiger partial charge in [-0.15, -0.1) is 24.7 Å². The number of piperidine rings is 2. The Labute approximate surface area is 225 Å². The van der Waals surface area contributed by atoms with Crippen molar-refractivity contribution in [2.45, 2.75) is 128 Å². The van der Waals surface area contributed by atoms with Crippen LogP contribution in [0.25, 0.3) is 0 Å². The van der Waals surface area contributed by atoms with Crippen LogP contribution in [0.5, 0.6) is 0 Å². The summed E-state index contributed by atoms with van der Waals surface area (Å²) < 4.78 is 0. The van der Waals surface area contributed by atoms with Gasteiger partial charge in [0.05, 0.1) is 0 Å². The summed E-state index contributed by atoms with van der Waals surface area (Å²) in [4.78, 5) is 5.72. The van der Waals surface area contributed by atoms with Gasteiger partial charge in [0.15, 0.2) is 0 Å². The molecule has 0 aromatic carbocycles. The van der Waals surface area contributed by atoms with E-state index in [0.717, 1.165) is 36.5 Å². The maximum Gasteiger partial charge on any atom is 0.00865 e. The highest BCUT2D eigenvalue weighted by Gasteiger charge is 2.38. The van der Waals surface area contributed by atoms with Crippen molar-refractivity contribution in [1.82, 2.24) is 9.80 Å². The minimum atomic E-state index is 0.911. The lowest BCUT2D eigenvalue weighted by atomic mass is 9.69. The van der Waals surface area contributed by atoms with E-state index in [9.17, 15) is 0 Å². The van der Waals surface area contributed by atoms with E-state index >= 15 is 0 Å². The Hall–Kier alpha value is -0.960. The Balaban J connectivity index is 1.64. The number of unbranched alkanes of at least 4 members (excludes halogenated alkanes) is 6. The second-order valence-electron chi connectivity index (χ2n) is 12.6. The standard InChI is InChI=1S/C34H58N2/c1-3-5-7-9-15-18-22-32-29-35-24-20-16-13-11-10-12-14-17-21-31-27-33(34(32)23-26-35)30-36(28-31)25-19-8-6-4-2/h1-2,31-34H,5-30H2/t31-,32-,33+,34+/m1/s1. The van der Waals surface area contributed by atoms with Crippen LogP contribution >= 0.6 is 0 Å². The highest BCUT2D eigenvalue weighted by atomic mass is 15.1. The lowest BCUT2D eigenvalue weighted by Crippen LogP contribution is -2.49. The molecule has 2 heteroatoms. The third-order valence-electron chi connectivity index (χ3n) is 9.66. The molecule has 0 radical (unpaired) electrons. The monoisotopic (exact) mass is 494 g/mol. The molecule has 0 aromatic heterocycles. The maximum atomic E-state index is 5.53. The van der Waals surface area contributed by atoms with E-state index in [4.69, 9.17) is 12.8 Å². The van der Waals surface area contributed by atoms with Crippen molar-refractivity contribution < 1.29 is 0 Å². The number of likely N-dealkylation sites (tertiary alicyclic amines) is 1. The van der Waals surface area contributed by atoms with Gasteiger partial charge in [0, 0.05) is 32.5 Å². The maximum absolute atomic E-state index is 5.53. The summed E-state index contributed by atoms with van der Waals surface area (Å²) in [6.45, 7) is 8.06. The van der Waals surface area contributed by atoms with Crippen molar-refractivity contribution in [1.29, 1.82) is 0 Å². The van der Waals surface area contributed by atoms with Gasteiger partial charge in [-0.2, -0.15) is 0 Å². The summed E-state index contributed by atoms with van der Waals surface area (Å²) in [6.07, 6.45) is 38.2. The van der Waals surface area contributed by atoms with Gasteiger partial charge in [0.25, 0.3) is 0 Å². The van der Waals surface area contributed by atoms with Crippen molar-refractivity contribution in [2.75, 3.05) is 39.3 Å². The molecule has 4 saturated heterocycles. The first kappa shape index (κ1) is 29.6. The molecule has 0 aliphatic carbocycles. The second-order valence-corrected chi connectivity index (χ2v) is 12.6. The molecular formula is C34H58N2. The average Bonchev–Trinajstić information content (AvgIpc) is 2.89. The van der Waals surface area contributed by atoms with Crippen LogP contribution in [0.4, 0.5) is 0 Å². The van der Waals surface area contributed by atoms with E-state index < -0.39 is 0 Å². The molecule has 4 bridgehead atoms. The normalized spacial score (nSPS) is 30.8. The van der Waals surface area contributed by atoms with E-state index in [0.29, 0.717) is 0 Å². The molecule has 4 heterocycles. The summed E-state index contributed by atoms with van der Waals surface area (Å²) >= 11 is 0. The molecule has 4 rings (SSSR count). The number of hydrogen-bond acceptors (Lipinski definition) is 2. The predicted octanol–water partition coefficient (Wildman–Crippen LogP) is 8.16. The second kappa shape index (κ2) is 18.3. The number of hydrogen-bond donors (Lipinski definition) is 0. The summed E-state index contributed by atoms with van der Waals surface area (Å²) in [5, 5.41) is 0. The fourth-order valence-corrected chi connectivity index (χ4v) is 7.68. The summed E-state index contributed by atoms with van der Waals surface area (Å²) in [5.74, 6) is 9.36. The zero-order chi connectivity index (χ0) is 25.3. The van der Waals surface area contributed by atoms with E-state index in [1.54, 1.807) is 0 Å². The molecule has 36 heavy (non-hydrogen) atoms. The van der Waals surface area contributed by atoms with Crippen molar-refractivity contribution in [3.8, 4) is 24.7 Å². The lowest BCUT2D eigenvalue weighted by Gasteiger charge is -2.47. The Kier molecular flexibility index (Phi) is 15.1. The van der Waals surface area contributed by atoms with Gasteiger partial charge in [-0.3, -0.25) is 0 Å². The van der Waals surface area contributed by atoms with E-state index in [-0.39, 0.29) is 0 Å². The number of fused-ring (bicyclic) bond motifs is 11. The molecule has 2 nitrogen and oxygen atoms in total. The number of rotatable bonds is 10. The molecule has 5 atom stereocenters. The molecular weight excluding hydrogens is 436 g/mol. The van der Waals surface area contributed by atoms with Gasteiger partial charge in [-0.25, -0.2) is 0 Å². The van der Waals surface area contributed by atoms with Crippen molar-refractivity contribution >= 4 is 0 Å². The molecule has 1 unspecified atom stereocenters. The molecule has 0 amide bonds. The van der Waals surface area contributed by atoms with E-state index in [2.05, 4.69) is 21.6 Å². The Morgan fingerprint density at radius 2 is 1.33 bits per heavy atom. The van der Waals surface area contributed by atoms with Crippen LogP contribution in [0.15, 0.2) is 0 Å². The van der Waals surface area contributed by atoms with Crippen molar-refractivity contribution in [3.05, 3.63) is 0 Å². The molecule has 0 aromatic rings. The minimum absolute atomic E-state index is 0.911. The number of terminal acetylenes is 2. The summed E-state index contributed by atoms with van der Waals surface area (Å²) in [5.41, 5.74) is 0. The molecule has 204 valence electrons. The largest absolute Gasteiger partial charge is 0.303 e. The molecule has 0 saturated carbocycles. The molecule has 0 N–H and O–H groups in total. The zero-order valence-electron chi connectivity index (χ0n) is 23.7. The minimum Gasteiger partial charge on any atom is -0.303 e. The van der Waals surface area contributed by atoms with Crippen LogP contribution in [0, 0.1) is 48.4 Å². The smallest absolute Gasteiger partial charge is 0.00865 e. The summed E-state index contributed by atoms with van der Waals surface area (Å²) in [7, 11) is 0.